The SMILES string of the molecule is CSC(=O)ON(C)C(=O)S. The summed E-state index contributed by atoms with van der Waals surface area (Å²) in [5.74, 6) is 0. The van der Waals surface area contributed by atoms with Crippen molar-refractivity contribution in [1.82, 2.24) is 5.06 Å². The quantitative estimate of drug-likeness (QED) is 0.453. The molecule has 0 N–H and O–H groups in total. The lowest BCUT2D eigenvalue weighted by molar-refractivity contribution is -0.0120. The second kappa shape index (κ2) is 4.45. The predicted molar refractivity (Wildman–Crippen MR) is 42.1 cm³/mol. The zero-order valence-corrected chi connectivity index (χ0v) is 7.24. The molecule has 0 bridgehead atoms. The van der Waals surface area contributed by atoms with Crippen LogP contribution in [0.5, 0.6) is 0 Å². The van der Waals surface area contributed by atoms with E-state index in [0.29, 0.717) is 0 Å². The van der Waals surface area contributed by atoms with Crippen LogP contribution in [0.1, 0.15) is 0 Å². The Morgan fingerprint density at radius 2 is 2.10 bits per heavy atom. The second-order valence-corrected chi connectivity index (χ2v) is 2.45. The Labute approximate surface area is 68.3 Å². The van der Waals surface area contributed by atoms with Gasteiger partial charge in [0.2, 0.25) is 0 Å². The molecule has 0 saturated heterocycles. The molecule has 0 aromatic carbocycles. The van der Waals surface area contributed by atoms with E-state index >= 15 is 0 Å². The fraction of sp³-hybridized carbons (Fsp3) is 0.500. The number of carbonyl (C=O) groups is 2. The van der Waals surface area contributed by atoms with Gasteiger partial charge in [-0.3, -0.25) is 4.79 Å². The number of nitrogens with zero attached hydrogens (tertiary/aromatic N) is 1. The van der Waals surface area contributed by atoms with Crippen molar-refractivity contribution in [3.05, 3.63) is 0 Å². The summed E-state index contributed by atoms with van der Waals surface area (Å²) < 4.78 is 0. The van der Waals surface area contributed by atoms with E-state index in [9.17, 15) is 9.59 Å². The van der Waals surface area contributed by atoms with Crippen LogP contribution >= 0.6 is 24.4 Å². The van der Waals surface area contributed by atoms with Crippen LogP contribution in [0, 0.1) is 0 Å². The molecule has 0 aliphatic rings. The molecule has 10 heavy (non-hydrogen) atoms. The van der Waals surface area contributed by atoms with E-state index in [4.69, 9.17) is 0 Å². The number of hydroxylamine groups is 2. The number of carbonyl (C=O) groups excluding carboxylic acids is 2. The van der Waals surface area contributed by atoms with Crippen LogP contribution in [0.4, 0.5) is 9.59 Å². The van der Waals surface area contributed by atoms with Crippen molar-refractivity contribution in [2.24, 2.45) is 0 Å². The van der Waals surface area contributed by atoms with E-state index in [0.717, 1.165) is 16.8 Å². The number of thioether (sulfide) groups is 1. The van der Waals surface area contributed by atoms with Crippen molar-refractivity contribution < 1.29 is 14.4 Å². The Balaban J connectivity index is 3.68. The van der Waals surface area contributed by atoms with Crippen molar-refractivity contribution in [1.29, 1.82) is 0 Å². The highest BCUT2D eigenvalue weighted by Crippen LogP contribution is 2.02. The van der Waals surface area contributed by atoms with Crippen LogP contribution in [0.2, 0.25) is 0 Å². The topological polar surface area (TPSA) is 46.6 Å². The highest BCUT2D eigenvalue weighted by atomic mass is 32.2. The van der Waals surface area contributed by atoms with Gasteiger partial charge in [0, 0.05) is 7.05 Å². The lowest BCUT2D eigenvalue weighted by Gasteiger charge is -2.10. The number of amides is 1. The molecule has 4 nitrogen and oxygen atoms in total. The van der Waals surface area contributed by atoms with Crippen molar-refractivity contribution >= 4 is 34.9 Å². The minimum Gasteiger partial charge on any atom is -0.327 e. The minimum atomic E-state index is -0.609. The maximum absolute atomic E-state index is 10.4. The normalized spacial score (nSPS) is 8.70. The Kier molecular flexibility index (Phi) is 4.29. The predicted octanol–water partition coefficient (Wildman–Crippen LogP) is 1.38. The molecule has 0 unspecified atom stereocenters. The van der Waals surface area contributed by atoms with Crippen LogP contribution < -0.4 is 0 Å². The van der Waals surface area contributed by atoms with E-state index in [2.05, 4.69) is 17.5 Å². The Morgan fingerprint density at radius 3 is 2.40 bits per heavy atom. The smallest absolute Gasteiger partial charge is 0.327 e. The van der Waals surface area contributed by atoms with E-state index in [1.54, 1.807) is 6.26 Å². The molecule has 0 atom stereocenters. The number of hydrogen-bond donors (Lipinski definition) is 1. The van der Waals surface area contributed by atoms with Crippen molar-refractivity contribution in [2.45, 2.75) is 0 Å². The van der Waals surface area contributed by atoms with Gasteiger partial charge < -0.3 is 4.84 Å². The van der Waals surface area contributed by atoms with Crippen LogP contribution in [-0.4, -0.2) is 28.9 Å². The number of hydrogen-bond acceptors (Lipinski definition) is 4. The second-order valence-electron chi connectivity index (χ2n) is 1.33. The van der Waals surface area contributed by atoms with E-state index in [1.807, 2.05) is 0 Å². The summed E-state index contributed by atoms with van der Waals surface area (Å²) in [4.78, 5) is 25.1. The van der Waals surface area contributed by atoms with Gasteiger partial charge in [-0.1, -0.05) is 12.6 Å². The van der Waals surface area contributed by atoms with Crippen LogP contribution in [0.25, 0.3) is 0 Å². The molecular formula is C4H7NO3S2. The standard InChI is InChI=1S/C4H7NO3S2/c1-5(3(6)9)8-4(7)10-2/h1-2H3,(H,6,9). The zero-order chi connectivity index (χ0) is 8.15. The fourth-order valence-corrected chi connectivity index (χ4v) is 0.415. The molecule has 1 amide bonds. The zero-order valence-electron chi connectivity index (χ0n) is 5.53. The van der Waals surface area contributed by atoms with E-state index in [-0.39, 0.29) is 0 Å². The first-order valence-corrected chi connectivity index (χ1v) is 3.97. The van der Waals surface area contributed by atoms with Gasteiger partial charge in [0.15, 0.2) is 0 Å². The molecule has 0 fully saturated rings. The summed E-state index contributed by atoms with van der Waals surface area (Å²) in [5, 5.41) is -0.394. The van der Waals surface area contributed by atoms with Crippen LogP contribution in [0.15, 0.2) is 0 Å². The minimum absolute atomic E-state index is 0.537. The van der Waals surface area contributed by atoms with Crippen molar-refractivity contribution in [3.8, 4) is 0 Å². The summed E-state index contributed by atoms with van der Waals surface area (Å²) in [6, 6.07) is 0. The van der Waals surface area contributed by atoms with Crippen LogP contribution in [0.3, 0.4) is 0 Å². The third-order valence-corrected chi connectivity index (χ3v) is 1.34. The average molecular weight is 181 g/mol. The van der Waals surface area contributed by atoms with Gasteiger partial charge >= 0.3 is 10.5 Å². The van der Waals surface area contributed by atoms with Gasteiger partial charge in [-0.2, -0.15) is 5.06 Å². The number of rotatable bonds is 0. The molecule has 0 spiro atoms. The highest BCUT2D eigenvalue weighted by Gasteiger charge is 2.08. The maximum atomic E-state index is 10.4. The van der Waals surface area contributed by atoms with Gasteiger partial charge in [-0.15, -0.1) is 0 Å². The molecule has 0 aliphatic heterocycles. The highest BCUT2D eigenvalue weighted by molar-refractivity contribution is 8.12. The summed E-state index contributed by atoms with van der Waals surface area (Å²) in [6.07, 6.45) is 1.55. The first-order valence-electron chi connectivity index (χ1n) is 2.30. The van der Waals surface area contributed by atoms with Gasteiger partial charge in [0.1, 0.15) is 0 Å². The lowest BCUT2D eigenvalue weighted by atomic mass is 11.1. The molecule has 0 aliphatic carbocycles. The van der Waals surface area contributed by atoms with Gasteiger partial charge in [0.25, 0.3) is 0 Å². The van der Waals surface area contributed by atoms with E-state index < -0.39 is 10.5 Å². The molecule has 0 aromatic rings. The lowest BCUT2D eigenvalue weighted by Crippen LogP contribution is -2.23. The average Bonchev–Trinajstić information content (AvgIpc) is 1.87. The summed E-state index contributed by atoms with van der Waals surface area (Å²) in [5.41, 5.74) is 0. The van der Waals surface area contributed by atoms with Gasteiger partial charge in [0.05, 0.1) is 0 Å². The first kappa shape index (κ1) is 9.64. The number of thiol groups is 1. The van der Waals surface area contributed by atoms with Crippen LogP contribution in [-0.2, 0) is 4.84 Å². The molecule has 0 heterocycles. The third-order valence-electron chi connectivity index (χ3n) is 0.648. The third kappa shape index (κ3) is 3.62. The van der Waals surface area contributed by atoms with Gasteiger partial charge in [-0.05, 0) is 18.0 Å². The largest absolute Gasteiger partial charge is 0.391 e. The molecular weight excluding hydrogens is 174 g/mol. The monoisotopic (exact) mass is 181 g/mol. The molecule has 6 heteroatoms. The molecule has 0 rings (SSSR count). The Morgan fingerprint density at radius 1 is 1.60 bits per heavy atom. The first-order chi connectivity index (χ1) is 4.57. The maximum Gasteiger partial charge on any atom is 0.391 e. The Bertz CT molecular complexity index is 149. The molecule has 0 aromatic heterocycles. The van der Waals surface area contributed by atoms with Gasteiger partial charge in [-0.25, -0.2) is 4.79 Å². The van der Waals surface area contributed by atoms with E-state index in [1.165, 1.54) is 7.05 Å². The molecule has 0 radical (unpaired) electrons. The van der Waals surface area contributed by atoms with Crippen molar-refractivity contribution in [2.75, 3.05) is 13.3 Å². The fourth-order valence-electron chi connectivity index (χ4n) is 0.188. The Hall–Kier alpha value is -0.360. The summed E-state index contributed by atoms with van der Waals surface area (Å²) in [6.45, 7) is 0. The van der Waals surface area contributed by atoms with Crippen molar-refractivity contribution in [3.63, 3.8) is 0 Å². The molecule has 0 saturated carbocycles. The molecule has 58 valence electrons. The summed E-state index contributed by atoms with van der Waals surface area (Å²) >= 11 is 4.29. The summed E-state index contributed by atoms with van der Waals surface area (Å²) in [7, 11) is 1.31.